The summed E-state index contributed by atoms with van der Waals surface area (Å²) < 4.78 is 0. The number of H-pyrrole nitrogens is 1. The zero-order chi connectivity index (χ0) is 13.1. The van der Waals surface area contributed by atoms with Crippen molar-refractivity contribution < 1.29 is 4.92 Å². The van der Waals surface area contributed by atoms with E-state index in [1.807, 2.05) is 0 Å². The van der Waals surface area contributed by atoms with Crippen LogP contribution in [0.2, 0.25) is 0 Å². The van der Waals surface area contributed by atoms with Crippen LogP contribution in [0.1, 0.15) is 5.82 Å². The molecule has 2 rings (SSSR count). The first-order valence-corrected chi connectivity index (χ1v) is 5.86. The number of non-ortho nitro benzene ring substituents is 1. The van der Waals surface area contributed by atoms with Gasteiger partial charge in [-0.05, 0) is 19.1 Å². The number of aromatic amines is 1. The van der Waals surface area contributed by atoms with Crippen LogP contribution in [0.5, 0.6) is 0 Å². The van der Waals surface area contributed by atoms with Gasteiger partial charge in [0.2, 0.25) is 0 Å². The van der Waals surface area contributed by atoms with Crippen LogP contribution in [0.3, 0.4) is 0 Å². The molecule has 6 nitrogen and oxygen atoms in total. The fourth-order valence-electron chi connectivity index (χ4n) is 1.31. The van der Waals surface area contributed by atoms with Crippen molar-refractivity contribution in [2.45, 2.75) is 16.7 Å². The molecule has 0 saturated heterocycles. The lowest BCUT2D eigenvalue weighted by Crippen LogP contribution is -2.10. The fraction of sp³-hybridized carbons (Fsp3) is 0.0909. The Kier molecular flexibility index (Phi) is 3.42. The van der Waals surface area contributed by atoms with E-state index in [-0.39, 0.29) is 11.2 Å². The number of nitro groups is 1. The van der Waals surface area contributed by atoms with Crippen LogP contribution in [0, 0.1) is 17.0 Å². The first-order valence-electron chi connectivity index (χ1n) is 5.04. The molecule has 1 aromatic heterocycles. The minimum Gasteiger partial charge on any atom is -0.310 e. The van der Waals surface area contributed by atoms with Crippen molar-refractivity contribution >= 4 is 17.4 Å². The molecule has 2 aromatic rings. The summed E-state index contributed by atoms with van der Waals surface area (Å²) in [6.07, 6.45) is 1.49. The van der Waals surface area contributed by atoms with Crippen LogP contribution < -0.4 is 5.56 Å². The zero-order valence-electron chi connectivity index (χ0n) is 9.41. The van der Waals surface area contributed by atoms with Crippen LogP contribution in [0.4, 0.5) is 5.69 Å². The topological polar surface area (TPSA) is 88.9 Å². The Balaban J connectivity index is 2.23. The van der Waals surface area contributed by atoms with E-state index in [2.05, 4.69) is 9.97 Å². The fourth-order valence-corrected chi connectivity index (χ4v) is 2.08. The number of nitrogens with one attached hydrogen (secondary N) is 1. The van der Waals surface area contributed by atoms with Crippen molar-refractivity contribution in [3.8, 4) is 0 Å². The van der Waals surface area contributed by atoms with E-state index in [1.165, 1.54) is 30.1 Å². The summed E-state index contributed by atoms with van der Waals surface area (Å²) in [7, 11) is 0. The summed E-state index contributed by atoms with van der Waals surface area (Å²) in [5, 5.41) is 10.5. The van der Waals surface area contributed by atoms with Crippen molar-refractivity contribution in [3.63, 3.8) is 0 Å². The standard InChI is InChI=1S/C11H9N3O3S/c1-7-12-6-10(11(15)13-7)18-9-4-2-8(3-5-9)14(16)17/h2-6H,1H3,(H,12,13,15). The Morgan fingerprint density at radius 2 is 2.00 bits per heavy atom. The Bertz CT molecular complexity index is 637. The van der Waals surface area contributed by atoms with E-state index in [4.69, 9.17) is 0 Å². The number of hydrogen-bond acceptors (Lipinski definition) is 5. The van der Waals surface area contributed by atoms with Gasteiger partial charge in [0.25, 0.3) is 11.2 Å². The lowest BCUT2D eigenvalue weighted by molar-refractivity contribution is -0.384. The average molecular weight is 263 g/mol. The predicted octanol–water partition coefficient (Wildman–Crippen LogP) is 2.14. The largest absolute Gasteiger partial charge is 0.310 e. The molecule has 92 valence electrons. The summed E-state index contributed by atoms with van der Waals surface area (Å²) in [6.45, 7) is 1.70. The van der Waals surface area contributed by atoms with Gasteiger partial charge < -0.3 is 4.98 Å². The molecule has 1 N–H and O–H groups in total. The van der Waals surface area contributed by atoms with E-state index in [9.17, 15) is 14.9 Å². The van der Waals surface area contributed by atoms with Gasteiger partial charge in [0.1, 0.15) is 5.82 Å². The molecule has 0 atom stereocenters. The van der Waals surface area contributed by atoms with Crippen LogP contribution in [-0.2, 0) is 0 Å². The Morgan fingerprint density at radius 1 is 1.33 bits per heavy atom. The number of aromatic nitrogens is 2. The van der Waals surface area contributed by atoms with Crippen molar-refractivity contribution in [1.29, 1.82) is 0 Å². The smallest absolute Gasteiger partial charge is 0.269 e. The number of hydrogen-bond donors (Lipinski definition) is 1. The number of aryl methyl sites for hydroxylation is 1. The van der Waals surface area contributed by atoms with E-state index >= 15 is 0 Å². The van der Waals surface area contributed by atoms with E-state index < -0.39 is 4.92 Å². The minimum atomic E-state index is -0.464. The van der Waals surface area contributed by atoms with E-state index in [0.29, 0.717) is 10.7 Å². The van der Waals surface area contributed by atoms with Crippen molar-refractivity contribution in [3.05, 3.63) is 56.8 Å². The quantitative estimate of drug-likeness (QED) is 0.677. The van der Waals surface area contributed by atoms with E-state index in [1.54, 1.807) is 19.1 Å². The van der Waals surface area contributed by atoms with Gasteiger partial charge in [-0.15, -0.1) is 0 Å². The van der Waals surface area contributed by atoms with Crippen molar-refractivity contribution in [1.82, 2.24) is 9.97 Å². The minimum absolute atomic E-state index is 0.0234. The average Bonchev–Trinajstić information content (AvgIpc) is 2.33. The summed E-state index contributed by atoms with van der Waals surface area (Å²) in [6, 6.07) is 6.00. The maximum atomic E-state index is 11.6. The number of nitro benzene ring substituents is 1. The number of benzene rings is 1. The monoisotopic (exact) mass is 263 g/mol. The molecule has 1 aromatic carbocycles. The van der Waals surface area contributed by atoms with Crippen LogP contribution in [-0.4, -0.2) is 14.9 Å². The first-order chi connectivity index (χ1) is 8.56. The van der Waals surface area contributed by atoms with Gasteiger partial charge in [0.15, 0.2) is 0 Å². The maximum absolute atomic E-state index is 11.6. The third-order valence-corrected chi connectivity index (χ3v) is 3.19. The van der Waals surface area contributed by atoms with Gasteiger partial charge in [0.05, 0.1) is 9.82 Å². The zero-order valence-corrected chi connectivity index (χ0v) is 10.2. The lowest BCUT2D eigenvalue weighted by Gasteiger charge is -2.00. The van der Waals surface area contributed by atoms with Crippen molar-refractivity contribution in [2.24, 2.45) is 0 Å². The van der Waals surface area contributed by atoms with Crippen LogP contribution in [0.15, 0.2) is 45.0 Å². The highest BCUT2D eigenvalue weighted by Gasteiger charge is 2.07. The SMILES string of the molecule is Cc1ncc(Sc2ccc([N+](=O)[O-])cc2)c(=O)[nH]1. The predicted molar refractivity (Wildman–Crippen MR) is 66.8 cm³/mol. The van der Waals surface area contributed by atoms with Crippen molar-refractivity contribution in [2.75, 3.05) is 0 Å². The molecule has 0 amide bonds. The van der Waals surface area contributed by atoms with Gasteiger partial charge in [-0.3, -0.25) is 14.9 Å². The molecule has 0 radical (unpaired) electrons. The van der Waals surface area contributed by atoms with Gasteiger partial charge in [-0.2, -0.15) is 0 Å². The Hall–Kier alpha value is -2.15. The molecule has 0 aliphatic carbocycles. The summed E-state index contributed by atoms with van der Waals surface area (Å²) in [5.41, 5.74) is -0.193. The van der Waals surface area contributed by atoms with E-state index in [0.717, 1.165) is 4.90 Å². The molecular formula is C11H9N3O3S. The number of nitrogens with zero attached hydrogens (tertiary/aromatic N) is 2. The molecule has 0 aliphatic heterocycles. The van der Waals surface area contributed by atoms with Gasteiger partial charge in [0, 0.05) is 23.2 Å². The normalized spacial score (nSPS) is 10.3. The molecule has 7 heteroatoms. The molecule has 0 saturated carbocycles. The molecule has 0 spiro atoms. The highest BCUT2D eigenvalue weighted by Crippen LogP contribution is 2.26. The molecule has 0 fully saturated rings. The summed E-state index contributed by atoms with van der Waals surface area (Å²) in [4.78, 5) is 29.4. The van der Waals surface area contributed by atoms with Crippen LogP contribution in [0.25, 0.3) is 0 Å². The molecule has 18 heavy (non-hydrogen) atoms. The molecule has 0 unspecified atom stereocenters. The highest BCUT2D eigenvalue weighted by atomic mass is 32.2. The summed E-state index contributed by atoms with van der Waals surface area (Å²) in [5.74, 6) is 0.549. The Labute approximate surface area is 106 Å². The summed E-state index contributed by atoms with van der Waals surface area (Å²) >= 11 is 1.21. The maximum Gasteiger partial charge on any atom is 0.269 e. The molecule has 0 aliphatic rings. The molecular weight excluding hydrogens is 254 g/mol. The van der Waals surface area contributed by atoms with Gasteiger partial charge in [-0.25, -0.2) is 4.98 Å². The van der Waals surface area contributed by atoms with Gasteiger partial charge >= 0.3 is 0 Å². The second kappa shape index (κ2) is 5.01. The second-order valence-electron chi connectivity index (χ2n) is 3.52. The van der Waals surface area contributed by atoms with Crippen LogP contribution >= 0.6 is 11.8 Å². The second-order valence-corrected chi connectivity index (χ2v) is 4.63. The third kappa shape index (κ3) is 2.75. The third-order valence-electron chi connectivity index (χ3n) is 2.17. The lowest BCUT2D eigenvalue weighted by atomic mass is 10.3. The molecule has 0 bridgehead atoms. The molecule has 1 heterocycles. The van der Waals surface area contributed by atoms with Gasteiger partial charge in [-0.1, -0.05) is 11.8 Å². The highest BCUT2D eigenvalue weighted by molar-refractivity contribution is 7.99. The first kappa shape index (κ1) is 12.3. The Morgan fingerprint density at radius 3 is 2.56 bits per heavy atom. The number of rotatable bonds is 3.